The molecule has 3 N–H and O–H groups in total. The van der Waals surface area contributed by atoms with Gasteiger partial charge in [0.25, 0.3) is 0 Å². The molecule has 0 bridgehead atoms. The number of aryl methyl sites for hydroxylation is 1. The van der Waals surface area contributed by atoms with Crippen LogP contribution in [-0.2, 0) is 41.1 Å². The van der Waals surface area contributed by atoms with Crippen LogP contribution in [0.3, 0.4) is 0 Å². The van der Waals surface area contributed by atoms with Gasteiger partial charge in [-0.3, -0.25) is 0 Å². The monoisotopic (exact) mass is 433 g/mol. The Morgan fingerprint density at radius 3 is 2.97 bits per heavy atom. The van der Waals surface area contributed by atoms with Crippen LogP contribution in [0.4, 0.5) is 14.9 Å². The van der Waals surface area contributed by atoms with Crippen LogP contribution in [0.15, 0.2) is 21.5 Å². The van der Waals surface area contributed by atoms with Crippen molar-refractivity contribution in [3.8, 4) is 5.88 Å². The number of carbonyl (C=O) groups excluding carboxylic acids is 1. The number of urea groups is 1. The Morgan fingerprint density at radius 1 is 1.37 bits per heavy atom. The molecule has 0 radical (unpaired) electrons. The first-order chi connectivity index (χ1) is 14.2. The summed E-state index contributed by atoms with van der Waals surface area (Å²) in [5.41, 5.74) is 4.10. The Bertz CT molecular complexity index is 1200. The standard InChI is InChI=1S/C20H24FN5O3S/c1-20(2)10-29-18-16(9-23-26(18)20)30(22,28)25-19(27)24-17-14-5-3-4-11(14)6-12-7-13(21)8-15(12)17/h6,9,13H,3-5,7-8,10H2,1-2H3,(H3,22,24,25,27,28)/t13-,30?/m0/s1. The quantitative estimate of drug-likeness (QED) is 0.758. The van der Waals surface area contributed by atoms with Gasteiger partial charge >= 0.3 is 6.03 Å². The summed E-state index contributed by atoms with van der Waals surface area (Å²) in [5.74, 6) is 0.269. The average molecular weight is 434 g/mol. The number of aromatic nitrogens is 2. The van der Waals surface area contributed by atoms with Crippen molar-refractivity contribution in [2.75, 3.05) is 11.9 Å². The molecule has 30 heavy (non-hydrogen) atoms. The molecule has 1 aromatic heterocycles. The van der Waals surface area contributed by atoms with E-state index in [1.165, 1.54) is 6.20 Å². The van der Waals surface area contributed by atoms with Crippen LogP contribution in [-0.4, -0.2) is 32.8 Å². The van der Waals surface area contributed by atoms with E-state index < -0.39 is 27.7 Å². The van der Waals surface area contributed by atoms with Crippen molar-refractivity contribution >= 4 is 21.6 Å². The van der Waals surface area contributed by atoms with Gasteiger partial charge in [0.2, 0.25) is 5.88 Å². The van der Waals surface area contributed by atoms with Crippen LogP contribution in [0.5, 0.6) is 5.88 Å². The second-order valence-corrected chi connectivity index (χ2v) is 10.6. The summed E-state index contributed by atoms with van der Waals surface area (Å²) < 4.78 is 38.1. The van der Waals surface area contributed by atoms with E-state index in [2.05, 4.69) is 20.8 Å². The van der Waals surface area contributed by atoms with Crippen LogP contribution >= 0.6 is 0 Å². The van der Waals surface area contributed by atoms with Gasteiger partial charge in [-0.2, -0.15) is 5.10 Å². The zero-order valence-electron chi connectivity index (χ0n) is 16.9. The maximum absolute atomic E-state index is 14.0. The van der Waals surface area contributed by atoms with E-state index >= 15 is 0 Å². The third kappa shape index (κ3) is 3.01. The number of hydrogen-bond acceptors (Lipinski definition) is 4. The summed E-state index contributed by atoms with van der Waals surface area (Å²) in [4.78, 5) is 12.8. The average Bonchev–Trinajstić information content (AvgIpc) is 3.39. The normalized spacial score (nSPS) is 22.6. The third-order valence-electron chi connectivity index (χ3n) is 6.06. The topological polar surface area (TPSA) is 112 Å². The lowest BCUT2D eigenvalue weighted by atomic mass is 9.99. The Morgan fingerprint density at radius 2 is 2.17 bits per heavy atom. The zero-order valence-corrected chi connectivity index (χ0v) is 17.7. The Balaban J connectivity index is 1.49. The number of fused-ring (bicyclic) bond motifs is 3. The molecule has 2 amide bonds. The maximum Gasteiger partial charge on any atom is 0.354 e. The molecule has 2 atom stereocenters. The van der Waals surface area contributed by atoms with E-state index in [9.17, 15) is 13.4 Å². The molecule has 5 rings (SSSR count). The number of alkyl halides is 1. The molecule has 2 heterocycles. The molecule has 160 valence electrons. The van der Waals surface area contributed by atoms with Gasteiger partial charge in [0, 0.05) is 18.5 Å². The summed E-state index contributed by atoms with van der Waals surface area (Å²) in [5, 5.41) is 12.9. The molecule has 1 aromatic carbocycles. The van der Waals surface area contributed by atoms with Gasteiger partial charge in [0.05, 0.1) is 11.7 Å². The summed E-state index contributed by atoms with van der Waals surface area (Å²) in [7, 11) is -3.57. The van der Waals surface area contributed by atoms with Crippen molar-refractivity contribution in [3.63, 3.8) is 0 Å². The first kappa shape index (κ1) is 19.5. The third-order valence-corrected chi connectivity index (χ3v) is 7.41. The Hall–Kier alpha value is -2.46. The Labute approximate surface area is 174 Å². The van der Waals surface area contributed by atoms with Gasteiger partial charge < -0.3 is 10.1 Å². The summed E-state index contributed by atoms with van der Waals surface area (Å²) in [6.07, 6.45) is 3.70. The maximum atomic E-state index is 14.0. The van der Waals surface area contributed by atoms with Gasteiger partial charge in [-0.15, -0.1) is 4.36 Å². The lowest BCUT2D eigenvalue weighted by Gasteiger charge is -2.15. The van der Waals surface area contributed by atoms with E-state index in [1.54, 1.807) is 4.68 Å². The lowest BCUT2D eigenvalue weighted by molar-refractivity contribution is 0.259. The van der Waals surface area contributed by atoms with Gasteiger partial charge in [0.1, 0.15) is 17.7 Å². The minimum absolute atomic E-state index is 0.0931. The number of carbonyl (C=O) groups is 1. The zero-order chi connectivity index (χ0) is 21.3. The fraction of sp³-hybridized carbons (Fsp3) is 0.500. The van der Waals surface area contributed by atoms with Gasteiger partial charge in [-0.05, 0) is 55.4 Å². The van der Waals surface area contributed by atoms with Crippen molar-refractivity contribution in [1.29, 1.82) is 0 Å². The highest BCUT2D eigenvalue weighted by molar-refractivity contribution is 7.91. The smallest absolute Gasteiger partial charge is 0.354 e. The molecule has 0 saturated heterocycles. The van der Waals surface area contributed by atoms with Crippen molar-refractivity contribution in [1.82, 2.24) is 9.78 Å². The van der Waals surface area contributed by atoms with Gasteiger partial charge in [-0.25, -0.2) is 23.2 Å². The predicted octanol–water partition coefficient (Wildman–Crippen LogP) is 2.87. The van der Waals surface area contributed by atoms with E-state index in [0.29, 0.717) is 18.7 Å². The van der Waals surface area contributed by atoms with E-state index in [4.69, 9.17) is 9.88 Å². The number of nitrogens with one attached hydrogen (secondary N) is 1. The molecular formula is C20H24FN5O3S. The minimum Gasteiger partial charge on any atom is -0.474 e. The first-order valence-corrected chi connectivity index (χ1v) is 11.6. The van der Waals surface area contributed by atoms with E-state index in [1.807, 2.05) is 13.8 Å². The molecule has 10 heteroatoms. The van der Waals surface area contributed by atoms with Crippen LogP contribution in [0.25, 0.3) is 0 Å². The minimum atomic E-state index is -3.57. The molecule has 0 saturated carbocycles. The van der Waals surface area contributed by atoms with Crippen molar-refractivity contribution in [2.45, 2.75) is 62.6 Å². The molecule has 2 aliphatic carbocycles. The van der Waals surface area contributed by atoms with Crippen molar-refractivity contribution in [3.05, 3.63) is 34.5 Å². The second-order valence-electron chi connectivity index (χ2n) is 8.80. The van der Waals surface area contributed by atoms with Gasteiger partial charge in [0.15, 0.2) is 9.92 Å². The van der Waals surface area contributed by atoms with Crippen LogP contribution in [0.2, 0.25) is 0 Å². The lowest BCUT2D eigenvalue weighted by Crippen LogP contribution is -2.26. The highest BCUT2D eigenvalue weighted by Crippen LogP contribution is 2.40. The fourth-order valence-electron chi connectivity index (χ4n) is 4.64. The number of nitrogens with zero attached hydrogens (tertiary/aromatic N) is 3. The second kappa shape index (κ2) is 6.52. The van der Waals surface area contributed by atoms with Crippen LogP contribution in [0.1, 0.15) is 42.5 Å². The fourth-order valence-corrected chi connectivity index (χ4v) is 5.63. The first-order valence-electron chi connectivity index (χ1n) is 10.0. The summed E-state index contributed by atoms with van der Waals surface area (Å²) in [6.45, 7) is 4.21. The number of benzene rings is 1. The molecule has 1 unspecified atom stereocenters. The van der Waals surface area contributed by atoms with E-state index in [-0.39, 0.29) is 17.2 Å². The molecule has 8 nitrogen and oxygen atoms in total. The number of ether oxygens (including phenoxy) is 1. The highest BCUT2D eigenvalue weighted by atomic mass is 32.2. The predicted molar refractivity (Wildman–Crippen MR) is 110 cm³/mol. The SMILES string of the molecule is CC1(C)COc2c(S(N)(=O)=NC(=O)Nc3c4c(cc5c3C[C@@H](F)C5)CCC4)cnn21. The van der Waals surface area contributed by atoms with E-state index in [0.717, 1.165) is 41.5 Å². The summed E-state index contributed by atoms with van der Waals surface area (Å²) in [6, 6.07) is 1.25. The molecule has 0 spiro atoms. The number of amides is 2. The van der Waals surface area contributed by atoms with Gasteiger partial charge in [-0.1, -0.05) is 6.07 Å². The number of rotatable bonds is 2. The summed E-state index contributed by atoms with van der Waals surface area (Å²) >= 11 is 0. The molecule has 2 aromatic rings. The molecule has 0 fully saturated rings. The van der Waals surface area contributed by atoms with Crippen molar-refractivity contribution in [2.24, 2.45) is 9.50 Å². The highest BCUT2D eigenvalue weighted by Gasteiger charge is 2.37. The Kier molecular flexibility index (Phi) is 4.24. The van der Waals surface area contributed by atoms with Crippen LogP contribution in [0, 0.1) is 0 Å². The van der Waals surface area contributed by atoms with Crippen molar-refractivity contribution < 1.29 is 18.1 Å². The number of anilines is 1. The van der Waals surface area contributed by atoms with Crippen LogP contribution < -0.4 is 15.2 Å². The molecule has 1 aliphatic heterocycles. The number of nitrogens with two attached hydrogens (primary N) is 1. The largest absolute Gasteiger partial charge is 0.474 e. The molecule has 3 aliphatic rings. The number of halogens is 1. The number of hydrogen-bond donors (Lipinski definition) is 2. The molecular weight excluding hydrogens is 409 g/mol.